The molecule has 1 heterocycles. The Hall–Kier alpha value is -2.32. The molecule has 1 amide bonds. The number of nitrogens with zero attached hydrogens (tertiary/aromatic N) is 2. The zero-order valence-electron chi connectivity index (χ0n) is 15.2. The van der Waals surface area contributed by atoms with Crippen LogP contribution >= 0.6 is 0 Å². The van der Waals surface area contributed by atoms with Crippen LogP contribution in [0.2, 0.25) is 0 Å². The summed E-state index contributed by atoms with van der Waals surface area (Å²) in [6.07, 6.45) is 1.57. The minimum atomic E-state index is -0.701. The molecule has 1 unspecified atom stereocenters. The van der Waals surface area contributed by atoms with E-state index in [4.69, 9.17) is 15.3 Å². The minimum absolute atomic E-state index is 0.0250. The van der Waals surface area contributed by atoms with Gasteiger partial charge in [0.05, 0.1) is 26.0 Å². The summed E-state index contributed by atoms with van der Waals surface area (Å²) < 4.78 is 9.81. The SMILES string of the molecule is COC(=O)CCC(=O)O/N=C(\N)C1CCCCN1C(=O)OC(C)(C)C. The van der Waals surface area contributed by atoms with Gasteiger partial charge in [0.25, 0.3) is 0 Å². The molecule has 1 rings (SSSR count). The average Bonchev–Trinajstić information content (AvgIpc) is 2.55. The lowest BCUT2D eigenvalue weighted by Gasteiger charge is -2.35. The third kappa shape index (κ3) is 7.40. The summed E-state index contributed by atoms with van der Waals surface area (Å²) in [5.74, 6) is -1.19. The van der Waals surface area contributed by atoms with Crippen molar-refractivity contribution in [3.63, 3.8) is 0 Å². The van der Waals surface area contributed by atoms with Gasteiger partial charge >= 0.3 is 18.0 Å². The molecular formula is C16H27N3O6. The zero-order valence-corrected chi connectivity index (χ0v) is 15.2. The van der Waals surface area contributed by atoms with Crippen LogP contribution in [-0.4, -0.2) is 54.1 Å². The molecule has 0 bridgehead atoms. The van der Waals surface area contributed by atoms with E-state index in [1.165, 1.54) is 12.0 Å². The van der Waals surface area contributed by atoms with E-state index >= 15 is 0 Å². The predicted molar refractivity (Wildman–Crippen MR) is 89.5 cm³/mol. The van der Waals surface area contributed by atoms with E-state index in [0.717, 1.165) is 12.8 Å². The molecule has 1 fully saturated rings. The quantitative estimate of drug-likeness (QED) is 0.260. The normalized spacial score (nSPS) is 18.5. The molecule has 0 aromatic rings. The van der Waals surface area contributed by atoms with Crippen molar-refractivity contribution in [1.82, 2.24) is 4.90 Å². The van der Waals surface area contributed by atoms with Gasteiger partial charge in [0, 0.05) is 6.54 Å². The lowest BCUT2D eigenvalue weighted by molar-refractivity contribution is -0.149. The number of nitrogens with two attached hydrogens (primary N) is 1. The number of ether oxygens (including phenoxy) is 2. The van der Waals surface area contributed by atoms with Crippen LogP contribution in [0.3, 0.4) is 0 Å². The number of oxime groups is 1. The monoisotopic (exact) mass is 357 g/mol. The molecule has 2 N–H and O–H groups in total. The molecule has 0 aromatic heterocycles. The topological polar surface area (TPSA) is 121 Å². The van der Waals surface area contributed by atoms with Gasteiger partial charge in [0.1, 0.15) is 5.60 Å². The van der Waals surface area contributed by atoms with Gasteiger partial charge in [-0.15, -0.1) is 0 Å². The zero-order chi connectivity index (χ0) is 19.0. The maximum atomic E-state index is 12.3. The van der Waals surface area contributed by atoms with Crippen molar-refractivity contribution in [2.45, 2.75) is 64.5 Å². The first-order valence-corrected chi connectivity index (χ1v) is 8.23. The number of methoxy groups -OCH3 is 1. The summed E-state index contributed by atoms with van der Waals surface area (Å²) in [6.45, 7) is 5.84. The Morgan fingerprint density at radius 3 is 2.40 bits per heavy atom. The molecule has 0 spiro atoms. The molecule has 1 aliphatic rings. The lowest BCUT2D eigenvalue weighted by atomic mass is 10.0. The highest BCUT2D eigenvalue weighted by atomic mass is 16.7. The van der Waals surface area contributed by atoms with Gasteiger partial charge < -0.3 is 20.0 Å². The first kappa shape index (κ1) is 20.7. The highest BCUT2D eigenvalue weighted by Gasteiger charge is 2.33. The first-order valence-electron chi connectivity index (χ1n) is 8.23. The van der Waals surface area contributed by atoms with Gasteiger partial charge in [0.15, 0.2) is 5.84 Å². The lowest BCUT2D eigenvalue weighted by Crippen LogP contribution is -2.52. The molecule has 0 aliphatic carbocycles. The first-order chi connectivity index (χ1) is 11.6. The number of amides is 1. The molecule has 1 saturated heterocycles. The standard InChI is InChI=1S/C16H27N3O6/c1-16(2,3)24-15(22)19-10-6-5-7-11(19)14(17)18-25-13(21)9-8-12(20)23-4/h11H,5-10H2,1-4H3,(H2,17,18). The van der Waals surface area contributed by atoms with Gasteiger partial charge in [-0.3, -0.25) is 9.69 Å². The fraction of sp³-hybridized carbons (Fsp3) is 0.750. The molecule has 9 heteroatoms. The molecule has 9 nitrogen and oxygen atoms in total. The number of esters is 1. The van der Waals surface area contributed by atoms with E-state index in [2.05, 4.69) is 9.89 Å². The summed E-state index contributed by atoms with van der Waals surface area (Å²) in [5.41, 5.74) is 5.28. The highest BCUT2D eigenvalue weighted by molar-refractivity contribution is 5.89. The van der Waals surface area contributed by atoms with Gasteiger partial charge in [0.2, 0.25) is 0 Å². The van der Waals surface area contributed by atoms with Crippen molar-refractivity contribution >= 4 is 23.9 Å². The Balaban J connectivity index is 2.66. The summed E-state index contributed by atoms with van der Waals surface area (Å²) in [4.78, 5) is 41.1. The van der Waals surface area contributed by atoms with Crippen LogP contribution in [0.15, 0.2) is 5.16 Å². The third-order valence-corrected chi connectivity index (χ3v) is 3.49. The Labute approximate surface area is 147 Å². The van der Waals surface area contributed by atoms with Crippen molar-refractivity contribution in [1.29, 1.82) is 0 Å². The second-order valence-electron chi connectivity index (χ2n) is 6.74. The summed E-state index contributed by atoms with van der Waals surface area (Å²) in [7, 11) is 1.23. The molecule has 1 atom stereocenters. The van der Waals surface area contributed by atoms with E-state index in [-0.39, 0.29) is 18.7 Å². The molecule has 0 saturated carbocycles. The number of carbonyl (C=O) groups is 3. The molecule has 0 aromatic carbocycles. The maximum Gasteiger partial charge on any atom is 0.410 e. The van der Waals surface area contributed by atoms with Crippen LogP contribution in [0.1, 0.15) is 52.9 Å². The Morgan fingerprint density at radius 2 is 1.80 bits per heavy atom. The summed E-state index contributed by atoms with van der Waals surface area (Å²) in [6, 6.07) is -0.489. The van der Waals surface area contributed by atoms with Crippen LogP contribution in [0, 0.1) is 0 Å². The predicted octanol–water partition coefficient (Wildman–Crippen LogP) is 1.54. The number of hydrogen-bond acceptors (Lipinski definition) is 7. The summed E-state index contributed by atoms with van der Waals surface area (Å²) in [5, 5.41) is 3.62. The average molecular weight is 357 g/mol. The van der Waals surface area contributed by atoms with Crippen molar-refractivity contribution in [2.75, 3.05) is 13.7 Å². The van der Waals surface area contributed by atoms with Gasteiger partial charge in [-0.05, 0) is 40.0 Å². The van der Waals surface area contributed by atoms with Gasteiger partial charge in [-0.2, -0.15) is 0 Å². The number of carbonyl (C=O) groups excluding carboxylic acids is 3. The second kappa shape index (κ2) is 9.24. The van der Waals surface area contributed by atoms with Crippen molar-refractivity contribution in [3.05, 3.63) is 0 Å². The number of rotatable bonds is 5. The smallest absolute Gasteiger partial charge is 0.410 e. The maximum absolute atomic E-state index is 12.3. The van der Waals surface area contributed by atoms with Gasteiger partial charge in [-0.25, -0.2) is 9.59 Å². The van der Waals surface area contributed by atoms with E-state index in [9.17, 15) is 14.4 Å². The second-order valence-corrected chi connectivity index (χ2v) is 6.74. The highest BCUT2D eigenvalue weighted by Crippen LogP contribution is 2.20. The van der Waals surface area contributed by atoms with Crippen LogP contribution < -0.4 is 5.73 Å². The van der Waals surface area contributed by atoms with E-state index in [1.54, 1.807) is 20.8 Å². The fourth-order valence-corrected chi connectivity index (χ4v) is 2.29. The van der Waals surface area contributed by atoms with Gasteiger partial charge in [-0.1, -0.05) is 5.16 Å². The van der Waals surface area contributed by atoms with Crippen molar-refractivity contribution in [2.24, 2.45) is 10.9 Å². The van der Waals surface area contributed by atoms with Crippen LogP contribution in [0.5, 0.6) is 0 Å². The number of piperidine rings is 1. The molecule has 1 aliphatic heterocycles. The Bertz CT molecular complexity index is 526. The summed E-state index contributed by atoms with van der Waals surface area (Å²) >= 11 is 0. The van der Waals surface area contributed by atoms with Crippen LogP contribution in [0.4, 0.5) is 4.79 Å². The largest absolute Gasteiger partial charge is 0.469 e. The minimum Gasteiger partial charge on any atom is -0.469 e. The van der Waals surface area contributed by atoms with E-state index in [1.807, 2.05) is 0 Å². The van der Waals surface area contributed by atoms with Crippen LogP contribution in [0.25, 0.3) is 0 Å². The molecule has 25 heavy (non-hydrogen) atoms. The van der Waals surface area contributed by atoms with Crippen LogP contribution in [-0.2, 0) is 23.9 Å². The Morgan fingerprint density at radius 1 is 1.16 bits per heavy atom. The molecule has 0 radical (unpaired) electrons. The number of amidine groups is 1. The molecule has 142 valence electrons. The number of hydrogen-bond donors (Lipinski definition) is 1. The van der Waals surface area contributed by atoms with E-state index in [0.29, 0.717) is 13.0 Å². The fourth-order valence-electron chi connectivity index (χ4n) is 2.29. The number of likely N-dealkylation sites (tertiary alicyclic amines) is 1. The molecular weight excluding hydrogens is 330 g/mol. The van der Waals surface area contributed by atoms with E-state index < -0.39 is 29.7 Å². The van der Waals surface area contributed by atoms with Crippen molar-refractivity contribution < 1.29 is 28.7 Å². The third-order valence-electron chi connectivity index (χ3n) is 3.49. The Kier molecular flexibility index (Phi) is 7.66. The van der Waals surface area contributed by atoms with Crippen molar-refractivity contribution in [3.8, 4) is 0 Å².